The van der Waals surface area contributed by atoms with E-state index in [9.17, 15) is 23.2 Å². The van der Waals surface area contributed by atoms with E-state index in [1.807, 2.05) is 6.92 Å². The summed E-state index contributed by atoms with van der Waals surface area (Å²) in [6, 6.07) is 2.61. The minimum atomic E-state index is -1.17. The molecule has 142 valence electrons. The Morgan fingerprint density at radius 1 is 1.37 bits per heavy atom. The molecule has 1 aliphatic rings. The van der Waals surface area contributed by atoms with Crippen molar-refractivity contribution in [2.24, 2.45) is 0 Å². The number of benzene rings is 1. The first kappa shape index (κ1) is 19.0. The zero-order valence-electron chi connectivity index (χ0n) is 14.3. The zero-order chi connectivity index (χ0) is 19.6. The van der Waals surface area contributed by atoms with E-state index in [1.54, 1.807) is 0 Å². The van der Waals surface area contributed by atoms with Crippen molar-refractivity contribution in [1.29, 1.82) is 0 Å². The number of carbonyl (C=O) groups is 2. The number of hydrogen-bond donors (Lipinski definition) is 3. The molecule has 0 saturated heterocycles. The summed E-state index contributed by atoms with van der Waals surface area (Å²) < 4.78 is 27.1. The van der Waals surface area contributed by atoms with Gasteiger partial charge in [0.25, 0.3) is 5.56 Å². The molecule has 2 heterocycles. The normalized spacial score (nSPS) is 15.8. The Kier molecular flexibility index (Phi) is 5.54. The molecule has 0 bridgehead atoms. The second kappa shape index (κ2) is 7.87. The van der Waals surface area contributed by atoms with E-state index in [1.165, 1.54) is 11.8 Å². The molecule has 0 fully saturated rings. The summed E-state index contributed by atoms with van der Waals surface area (Å²) in [4.78, 5) is 43.8. The largest absolute Gasteiger partial charge is 0.323 e. The molecule has 10 heteroatoms. The fourth-order valence-electron chi connectivity index (χ4n) is 2.65. The van der Waals surface area contributed by atoms with Crippen LogP contribution in [-0.2, 0) is 9.59 Å². The lowest BCUT2D eigenvalue weighted by Gasteiger charge is -2.23. The first-order valence-electron chi connectivity index (χ1n) is 8.21. The number of thioether (sulfide) groups is 1. The molecule has 0 radical (unpaired) electrons. The Balaban J connectivity index is 1.93. The lowest BCUT2D eigenvalue weighted by atomic mass is 9.92. The van der Waals surface area contributed by atoms with Crippen LogP contribution in [0.2, 0.25) is 0 Å². The van der Waals surface area contributed by atoms with Crippen LogP contribution in [0.5, 0.6) is 0 Å². The van der Waals surface area contributed by atoms with Gasteiger partial charge in [0.1, 0.15) is 17.5 Å². The van der Waals surface area contributed by atoms with Crippen molar-refractivity contribution in [2.75, 3.05) is 16.4 Å². The summed E-state index contributed by atoms with van der Waals surface area (Å²) in [7, 11) is 0. The topological polar surface area (TPSA) is 104 Å². The second-order valence-corrected chi connectivity index (χ2v) is 6.98. The number of rotatable bonds is 5. The maximum absolute atomic E-state index is 13.8. The van der Waals surface area contributed by atoms with Crippen LogP contribution in [0.1, 0.15) is 31.2 Å². The first-order valence-corrected chi connectivity index (χ1v) is 9.20. The molecule has 27 heavy (non-hydrogen) atoms. The number of H-pyrrole nitrogens is 1. The summed E-state index contributed by atoms with van der Waals surface area (Å²) in [6.45, 7) is 1.97. The minimum absolute atomic E-state index is 0.00784. The van der Waals surface area contributed by atoms with E-state index in [0.717, 1.165) is 30.4 Å². The average Bonchev–Trinajstić information content (AvgIpc) is 2.61. The van der Waals surface area contributed by atoms with Gasteiger partial charge < -0.3 is 15.6 Å². The fraction of sp³-hybridized carbons (Fsp3) is 0.294. The van der Waals surface area contributed by atoms with Crippen LogP contribution in [-0.4, -0.2) is 27.5 Å². The van der Waals surface area contributed by atoms with Crippen LogP contribution < -0.4 is 16.2 Å². The van der Waals surface area contributed by atoms with E-state index < -0.39 is 34.9 Å². The zero-order valence-corrected chi connectivity index (χ0v) is 15.1. The van der Waals surface area contributed by atoms with Crippen LogP contribution in [0, 0.1) is 11.6 Å². The maximum Gasteiger partial charge on any atom is 0.257 e. The van der Waals surface area contributed by atoms with Crippen molar-refractivity contribution in [1.82, 2.24) is 9.97 Å². The van der Waals surface area contributed by atoms with Crippen LogP contribution in [0.3, 0.4) is 0 Å². The summed E-state index contributed by atoms with van der Waals surface area (Å²) in [6.07, 6.45) is 0.560. The molecule has 3 rings (SSSR count). The molecule has 3 N–H and O–H groups in total. The van der Waals surface area contributed by atoms with Crippen LogP contribution in [0.4, 0.5) is 20.3 Å². The van der Waals surface area contributed by atoms with Gasteiger partial charge in [-0.15, -0.1) is 0 Å². The van der Waals surface area contributed by atoms with Crippen LogP contribution >= 0.6 is 11.8 Å². The molecule has 0 spiro atoms. The fourth-order valence-corrected chi connectivity index (χ4v) is 3.37. The highest BCUT2D eigenvalue weighted by Crippen LogP contribution is 2.30. The molecular formula is C17H16F2N4O3S. The molecule has 2 amide bonds. The number of aromatic nitrogens is 2. The lowest BCUT2D eigenvalue weighted by molar-refractivity contribution is -0.123. The monoisotopic (exact) mass is 394 g/mol. The van der Waals surface area contributed by atoms with Gasteiger partial charge in [-0.3, -0.25) is 14.4 Å². The quantitative estimate of drug-likeness (QED) is 0.534. The van der Waals surface area contributed by atoms with Crippen molar-refractivity contribution in [3.05, 3.63) is 45.8 Å². The Hall–Kier alpha value is -2.75. The van der Waals surface area contributed by atoms with E-state index in [-0.39, 0.29) is 23.5 Å². The van der Waals surface area contributed by atoms with Crippen LogP contribution in [0.25, 0.3) is 0 Å². The predicted octanol–water partition coefficient (Wildman–Crippen LogP) is 2.61. The number of aromatic amines is 1. The highest BCUT2D eigenvalue weighted by Gasteiger charge is 2.35. The van der Waals surface area contributed by atoms with Gasteiger partial charge in [-0.05, 0) is 18.6 Å². The van der Waals surface area contributed by atoms with Gasteiger partial charge in [0.05, 0.1) is 17.2 Å². The van der Waals surface area contributed by atoms with Crippen molar-refractivity contribution in [3.63, 3.8) is 0 Å². The number of fused-ring (bicyclic) bond motifs is 1. The Labute approximate surface area is 157 Å². The standard InChI is InChI=1S/C17H16F2N4O3S/c1-2-5-27-17-22-14-13(16(26)23-17)9(7-12(24)21-14)15(25)20-11-6-8(18)3-4-10(11)19/h3-4,6,9H,2,5,7H2,1H3,(H,20,25)(H2,21,22,23,24,26)/t9-/m1/s1. The molecule has 1 aliphatic heterocycles. The summed E-state index contributed by atoms with van der Waals surface area (Å²) in [5, 5.41) is 5.06. The van der Waals surface area contributed by atoms with E-state index in [4.69, 9.17) is 0 Å². The minimum Gasteiger partial charge on any atom is -0.323 e. The van der Waals surface area contributed by atoms with Crippen molar-refractivity contribution >= 4 is 35.1 Å². The Morgan fingerprint density at radius 3 is 2.89 bits per heavy atom. The number of halogens is 2. The summed E-state index contributed by atoms with van der Waals surface area (Å²) in [5.74, 6) is -3.29. The predicted molar refractivity (Wildman–Crippen MR) is 96.8 cm³/mol. The SMILES string of the molecule is CCCSc1nc2c(c(=O)[nH]1)[C@H](C(=O)Nc1cc(F)ccc1F)CC(=O)N2. The molecular weight excluding hydrogens is 378 g/mol. The third kappa shape index (κ3) is 4.16. The first-order chi connectivity index (χ1) is 12.9. The summed E-state index contributed by atoms with van der Waals surface area (Å²) >= 11 is 1.31. The molecule has 0 aliphatic carbocycles. The molecule has 1 aromatic carbocycles. The third-order valence-electron chi connectivity index (χ3n) is 3.88. The molecule has 1 atom stereocenters. The third-order valence-corrected chi connectivity index (χ3v) is 4.95. The average molecular weight is 394 g/mol. The lowest BCUT2D eigenvalue weighted by Crippen LogP contribution is -2.36. The summed E-state index contributed by atoms with van der Waals surface area (Å²) in [5.41, 5.74) is -0.935. The van der Waals surface area contributed by atoms with Gasteiger partial charge >= 0.3 is 0 Å². The van der Waals surface area contributed by atoms with Crippen LogP contribution in [0.15, 0.2) is 28.2 Å². The Morgan fingerprint density at radius 2 is 2.15 bits per heavy atom. The van der Waals surface area contributed by atoms with Gasteiger partial charge in [0.2, 0.25) is 11.8 Å². The number of amides is 2. The van der Waals surface area contributed by atoms with E-state index >= 15 is 0 Å². The van der Waals surface area contributed by atoms with E-state index in [0.29, 0.717) is 5.16 Å². The van der Waals surface area contributed by atoms with Gasteiger partial charge in [-0.1, -0.05) is 18.7 Å². The number of nitrogens with zero attached hydrogens (tertiary/aromatic N) is 1. The number of anilines is 2. The number of nitrogens with one attached hydrogen (secondary N) is 3. The molecule has 2 aromatic rings. The number of hydrogen-bond acceptors (Lipinski definition) is 5. The number of carbonyl (C=O) groups excluding carboxylic acids is 2. The highest BCUT2D eigenvalue weighted by molar-refractivity contribution is 7.99. The Bertz CT molecular complexity index is 964. The molecule has 0 saturated carbocycles. The van der Waals surface area contributed by atoms with Gasteiger partial charge in [-0.2, -0.15) is 0 Å². The molecule has 1 aromatic heterocycles. The van der Waals surface area contributed by atoms with Gasteiger partial charge in [-0.25, -0.2) is 13.8 Å². The van der Waals surface area contributed by atoms with Gasteiger partial charge in [0, 0.05) is 18.2 Å². The molecule has 7 nitrogen and oxygen atoms in total. The maximum atomic E-state index is 13.8. The van der Waals surface area contributed by atoms with E-state index in [2.05, 4.69) is 20.6 Å². The highest BCUT2D eigenvalue weighted by atomic mass is 32.2. The van der Waals surface area contributed by atoms with Gasteiger partial charge in [0.15, 0.2) is 5.16 Å². The van der Waals surface area contributed by atoms with Crippen molar-refractivity contribution in [3.8, 4) is 0 Å². The van der Waals surface area contributed by atoms with Crippen molar-refractivity contribution in [2.45, 2.75) is 30.8 Å². The smallest absolute Gasteiger partial charge is 0.257 e. The molecule has 0 unspecified atom stereocenters. The second-order valence-electron chi connectivity index (χ2n) is 5.90. The van der Waals surface area contributed by atoms with Crippen molar-refractivity contribution < 1.29 is 18.4 Å².